The van der Waals surface area contributed by atoms with E-state index in [0.717, 1.165) is 0 Å². The van der Waals surface area contributed by atoms with Crippen molar-refractivity contribution >= 4 is 19.2 Å². The van der Waals surface area contributed by atoms with Crippen molar-refractivity contribution in [3.05, 3.63) is 23.6 Å². The van der Waals surface area contributed by atoms with Crippen molar-refractivity contribution in [1.82, 2.24) is 0 Å². The molecular weight excluding hydrogens is 136 g/mol. The van der Waals surface area contributed by atoms with Gasteiger partial charge in [-0.1, -0.05) is 17.0 Å². The van der Waals surface area contributed by atoms with E-state index in [0.29, 0.717) is 0 Å². The van der Waals surface area contributed by atoms with Gasteiger partial charge in [0.2, 0.25) is 0 Å². The van der Waals surface area contributed by atoms with Crippen molar-refractivity contribution in [3.8, 4) is 0 Å². The summed E-state index contributed by atoms with van der Waals surface area (Å²) < 4.78 is 0. The summed E-state index contributed by atoms with van der Waals surface area (Å²) in [5.41, 5.74) is 5.22. The molecule has 0 aliphatic rings. The molecule has 0 saturated heterocycles. The Bertz CT molecular complexity index is 103. The van der Waals surface area contributed by atoms with E-state index >= 15 is 0 Å². The highest BCUT2D eigenvalue weighted by atomic mass is 35.6. The summed E-state index contributed by atoms with van der Waals surface area (Å²) in [5.74, 6) is 0. The molecule has 0 amide bonds. The van der Waals surface area contributed by atoms with Crippen LogP contribution in [-0.2, 0) is 0 Å². The molecule has 0 spiro atoms. The third-order valence-electron chi connectivity index (χ3n) is 0.718. The molecule has 0 fully saturated rings. The maximum atomic E-state index is 5.80. The zero-order valence-corrected chi connectivity index (χ0v) is 7.23. The highest BCUT2D eigenvalue weighted by Gasteiger charge is 1.92. The largest absolute Gasteiger partial charge is 0.187 e. The number of hydrogen-bond donors (Lipinski definition) is 0. The van der Waals surface area contributed by atoms with Crippen LogP contribution in [0.4, 0.5) is 0 Å². The summed E-state index contributed by atoms with van der Waals surface area (Å²) >= 11 is 5.80. The van der Waals surface area contributed by atoms with Gasteiger partial charge in [-0.15, -0.1) is 6.58 Å². The van der Waals surface area contributed by atoms with Crippen molar-refractivity contribution in [1.29, 1.82) is 0 Å². The topological polar surface area (TPSA) is 0 Å². The normalized spacial score (nSPS) is 12.4. The van der Waals surface area contributed by atoms with Crippen LogP contribution in [0.1, 0.15) is 13.8 Å². The number of allylic oxidation sites excluding steroid dienone is 1. The van der Waals surface area contributed by atoms with Crippen molar-refractivity contribution in [3.63, 3.8) is 0 Å². The molecule has 0 N–H and O–H groups in total. The molecule has 0 saturated carbocycles. The Morgan fingerprint density at radius 2 is 2.12 bits per heavy atom. The van der Waals surface area contributed by atoms with Gasteiger partial charge in [-0.25, -0.2) is 0 Å². The average molecular weight is 147 g/mol. The van der Waals surface area contributed by atoms with Crippen LogP contribution in [0.2, 0.25) is 0 Å². The maximum absolute atomic E-state index is 5.80. The van der Waals surface area contributed by atoms with Gasteiger partial charge in [-0.2, -0.15) is 11.1 Å². The van der Waals surface area contributed by atoms with Gasteiger partial charge in [0.15, 0.2) is 8.11 Å². The van der Waals surface area contributed by atoms with Gasteiger partial charge in [0, 0.05) is 0 Å². The lowest BCUT2D eigenvalue weighted by atomic mass is 10.4. The minimum atomic E-state index is -1.17. The summed E-state index contributed by atoms with van der Waals surface area (Å²) in [6.07, 6.45) is 0. The molecule has 46 valence electrons. The predicted molar refractivity (Wildman–Crippen MR) is 42.6 cm³/mol. The number of halogens is 1. The Balaban J connectivity index is 3.68. The summed E-state index contributed by atoms with van der Waals surface area (Å²) in [5, 5.41) is 0. The summed E-state index contributed by atoms with van der Waals surface area (Å²) in [4.78, 5) is 0. The third kappa shape index (κ3) is 4.15. The average Bonchev–Trinajstić information content (AvgIpc) is 1.65. The molecule has 0 radical (unpaired) electrons. The monoisotopic (exact) mass is 146 g/mol. The smallest absolute Gasteiger partial charge is 0.161 e. The second-order valence-corrected chi connectivity index (χ2v) is 5.13. The second-order valence-electron chi connectivity index (χ2n) is 1.92. The van der Waals surface area contributed by atoms with Crippen LogP contribution in [0, 0.1) is 0 Å². The first-order chi connectivity index (χ1) is 3.66. The molecule has 0 aromatic rings. The van der Waals surface area contributed by atoms with E-state index in [9.17, 15) is 0 Å². The quantitative estimate of drug-likeness (QED) is 0.414. The fourth-order valence-electron chi connectivity index (χ4n) is 0.386. The first kappa shape index (κ1) is 7.99. The van der Waals surface area contributed by atoms with Crippen molar-refractivity contribution in [2.45, 2.75) is 13.8 Å². The SMILES string of the molecule is C=C[SiH](Cl)C=C(C)C. The molecule has 8 heavy (non-hydrogen) atoms. The molecule has 2 heteroatoms. The lowest BCUT2D eigenvalue weighted by Gasteiger charge is -1.90. The minimum Gasteiger partial charge on any atom is -0.161 e. The fourth-order valence-corrected chi connectivity index (χ4v) is 1.92. The third-order valence-corrected chi connectivity index (χ3v) is 3.07. The zero-order chi connectivity index (χ0) is 6.57. The van der Waals surface area contributed by atoms with Crippen LogP contribution in [0.15, 0.2) is 23.6 Å². The zero-order valence-electron chi connectivity index (χ0n) is 5.32. The molecule has 0 aromatic heterocycles. The molecule has 0 heterocycles. The predicted octanol–water partition coefficient (Wildman–Crippen LogP) is 2.18. The van der Waals surface area contributed by atoms with Crippen LogP contribution in [0.3, 0.4) is 0 Å². The lowest BCUT2D eigenvalue weighted by molar-refractivity contribution is 1.41. The highest BCUT2D eigenvalue weighted by Crippen LogP contribution is 1.97. The first-order valence-corrected chi connectivity index (χ1v) is 5.66. The van der Waals surface area contributed by atoms with E-state index in [1.807, 2.05) is 19.5 Å². The molecule has 0 bridgehead atoms. The van der Waals surface area contributed by atoms with Gasteiger partial charge in [0.25, 0.3) is 0 Å². The van der Waals surface area contributed by atoms with Gasteiger partial charge in [-0.05, 0) is 13.8 Å². The maximum Gasteiger partial charge on any atom is 0.187 e. The van der Waals surface area contributed by atoms with Gasteiger partial charge >= 0.3 is 0 Å². The Morgan fingerprint density at radius 3 is 2.25 bits per heavy atom. The molecule has 0 aromatic carbocycles. The molecule has 1 atom stereocenters. The van der Waals surface area contributed by atoms with Gasteiger partial charge in [0.1, 0.15) is 0 Å². The van der Waals surface area contributed by atoms with Crippen molar-refractivity contribution in [2.75, 3.05) is 0 Å². The Labute approximate surface area is 57.2 Å². The van der Waals surface area contributed by atoms with Crippen LogP contribution in [0.5, 0.6) is 0 Å². The summed E-state index contributed by atoms with van der Waals surface area (Å²) in [7, 11) is -1.17. The fraction of sp³-hybridized carbons (Fsp3) is 0.333. The Kier molecular flexibility index (Phi) is 3.92. The molecule has 0 aliphatic heterocycles. The Hall–Kier alpha value is -0.0131. The van der Waals surface area contributed by atoms with Crippen LogP contribution in [0.25, 0.3) is 0 Å². The molecular formula is C6H11ClSi. The van der Waals surface area contributed by atoms with Gasteiger partial charge in [0.05, 0.1) is 0 Å². The second kappa shape index (κ2) is 3.93. The van der Waals surface area contributed by atoms with Crippen LogP contribution >= 0.6 is 11.1 Å². The van der Waals surface area contributed by atoms with E-state index in [1.54, 1.807) is 0 Å². The number of hydrogen-bond acceptors (Lipinski definition) is 0. The van der Waals surface area contributed by atoms with Gasteiger partial charge in [-0.3, -0.25) is 0 Å². The molecule has 0 aliphatic carbocycles. The number of rotatable bonds is 2. The standard InChI is InChI=1S/C6H11ClSi/c1-4-8(7)5-6(2)3/h4-5,8H,1H2,2-3H3. The van der Waals surface area contributed by atoms with E-state index in [1.165, 1.54) is 5.57 Å². The molecule has 0 rings (SSSR count). The van der Waals surface area contributed by atoms with E-state index in [2.05, 4.69) is 12.3 Å². The van der Waals surface area contributed by atoms with Crippen molar-refractivity contribution < 1.29 is 0 Å². The minimum absolute atomic E-state index is 1.17. The van der Waals surface area contributed by atoms with Crippen LogP contribution < -0.4 is 0 Å². The van der Waals surface area contributed by atoms with Crippen molar-refractivity contribution in [2.24, 2.45) is 0 Å². The first-order valence-electron chi connectivity index (χ1n) is 2.58. The van der Waals surface area contributed by atoms with Crippen LogP contribution in [-0.4, -0.2) is 8.11 Å². The van der Waals surface area contributed by atoms with E-state index < -0.39 is 8.11 Å². The van der Waals surface area contributed by atoms with E-state index in [4.69, 9.17) is 11.1 Å². The summed E-state index contributed by atoms with van der Waals surface area (Å²) in [6.45, 7) is 7.69. The van der Waals surface area contributed by atoms with Gasteiger partial charge < -0.3 is 0 Å². The lowest BCUT2D eigenvalue weighted by Crippen LogP contribution is -1.92. The molecule has 0 nitrogen and oxygen atoms in total. The van der Waals surface area contributed by atoms with E-state index in [-0.39, 0.29) is 0 Å². The summed E-state index contributed by atoms with van der Waals surface area (Å²) in [6, 6.07) is 0. The highest BCUT2D eigenvalue weighted by molar-refractivity contribution is 7.12. The Morgan fingerprint density at radius 1 is 1.62 bits per heavy atom. The molecule has 1 unspecified atom stereocenters.